The van der Waals surface area contributed by atoms with Crippen molar-refractivity contribution in [2.24, 2.45) is 5.92 Å². The van der Waals surface area contributed by atoms with Crippen molar-refractivity contribution in [3.05, 3.63) is 30.4 Å². The van der Waals surface area contributed by atoms with Crippen molar-refractivity contribution >= 4 is 0 Å². The Hall–Kier alpha value is -1.83. The number of rotatable bonds is 7. The molecule has 0 radical (unpaired) electrons. The van der Waals surface area contributed by atoms with E-state index in [1.165, 1.54) is 12.8 Å². The molecule has 1 fully saturated rings. The molecule has 1 atom stereocenters. The Bertz CT molecular complexity index is 638. The summed E-state index contributed by atoms with van der Waals surface area (Å²) in [6.07, 6.45) is 5.55. The number of aliphatic hydroxyl groups is 1. The standard InChI is InChI=1S/C18H27N5O2/c1-14(24)11-23-8-5-15(6-9-23)12-22(2)13-17-20-18(21-25-17)16-4-3-7-19-10-16/h3-4,7,10,14-15,24H,5-6,8-9,11-13H2,1-2H3/t14-/m0/s1. The van der Waals surface area contributed by atoms with E-state index in [4.69, 9.17) is 4.52 Å². The minimum absolute atomic E-state index is 0.245. The van der Waals surface area contributed by atoms with Gasteiger partial charge in [0.15, 0.2) is 0 Å². The predicted octanol–water partition coefficient (Wildman–Crippen LogP) is 1.66. The fourth-order valence-electron chi connectivity index (χ4n) is 3.39. The molecule has 1 aliphatic heterocycles. The topological polar surface area (TPSA) is 78.5 Å². The van der Waals surface area contributed by atoms with Crippen LogP contribution in [0.3, 0.4) is 0 Å². The van der Waals surface area contributed by atoms with E-state index in [9.17, 15) is 5.11 Å². The molecule has 0 aliphatic carbocycles. The summed E-state index contributed by atoms with van der Waals surface area (Å²) in [5.41, 5.74) is 0.866. The maximum atomic E-state index is 9.49. The molecule has 7 nitrogen and oxygen atoms in total. The minimum Gasteiger partial charge on any atom is -0.392 e. The van der Waals surface area contributed by atoms with Crippen molar-refractivity contribution in [1.82, 2.24) is 24.9 Å². The molecule has 3 rings (SSSR count). The third kappa shape index (κ3) is 5.32. The van der Waals surface area contributed by atoms with Crippen LogP contribution in [-0.2, 0) is 6.54 Å². The van der Waals surface area contributed by atoms with Gasteiger partial charge in [0, 0.05) is 31.0 Å². The fourth-order valence-corrected chi connectivity index (χ4v) is 3.39. The van der Waals surface area contributed by atoms with Gasteiger partial charge >= 0.3 is 0 Å². The molecule has 2 aromatic rings. The smallest absolute Gasteiger partial charge is 0.241 e. The van der Waals surface area contributed by atoms with Crippen molar-refractivity contribution in [2.75, 3.05) is 33.2 Å². The molecule has 0 amide bonds. The average molecular weight is 345 g/mol. The first-order chi connectivity index (χ1) is 12.1. The van der Waals surface area contributed by atoms with E-state index in [0.717, 1.165) is 31.7 Å². The molecule has 25 heavy (non-hydrogen) atoms. The number of aliphatic hydroxyl groups excluding tert-OH is 1. The van der Waals surface area contributed by atoms with Crippen LogP contribution >= 0.6 is 0 Å². The van der Waals surface area contributed by atoms with Crippen LogP contribution in [0.25, 0.3) is 11.4 Å². The summed E-state index contributed by atoms with van der Waals surface area (Å²) in [6, 6.07) is 3.79. The van der Waals surface area contributed by atoms with Gasteiger partial charge in [-0.25, -0.2) is 0 Å². The van der Waals surface area contributed by atoms with E-state index in [1.807, 2.05) is 19.1 Å². The lowest BCUT2D eigenvalue weighted by Crippen LogP contribution is -2.40. The highest BCUT2D eigenvalue weighted by molar-refractivity contribution is 5.51. The van der Waals surface area contributed by atoms with Gasteiger partial charge in [-0.15, -0.1) is 0 Å². The van der Waals surface area contributed by atoms with Gasteiger partial charge < -0.3 is 14.5 Å². The van der Waals surface area contributed by atoms with Gasteiger partial charge in [0.25, 0.3) is 0 Å². The van der Waals surface area contributed by atoms with Crippen molar-refractivity contribution in [1.29, 1.82) is 0 Å². The molecular weight excluding hydrogens is 318 g/mol. The third-order valence-electron chi connectivity index (χ3n) is 4.59. The highest BCUT2D eigenvalue weighted by Crippen LogP contribution is 2.19. The Balaban J connectivity index is 1.46. The first-order valence-electron chi connectivity index (χ1n) is 8.92. The number of nitrogens with zero attached hydrogens (tertiary/aromatic N) is 5. The normalized spacial score (nSPS) is 17.9. The summed E-state index contributed by atoms with van der Waals surface area (Å²) >= 11 is 0. The summed E-state index contributed by atoms with van der Waals surface area (Å²) < 4.78 is 5.37. The second-order valence-electron chi connectivity index (χ2n) is 7.04. The van der Waals surface area contributed by atoms with Crippen molar-refractivity contribution in [3.63, 3.8) is 0 Å². The number of likely N-dealkylation sites (tertiary alicyclic amines) is 1. The van der Waals surface area contributed by atoms with Crippen LogP contribution in [-0.4, -0.2) is 69.4 Å². The summed E-state index contributed by atoms with van der Waals surface area (Å²) in [6.45, 7) is 6.43. The first kappa shape index (κ1) is 18.0. The lowest BCUT2D eigenvalue weighted by Gasteiger charge is -2.34. The number of hydrogen-bond donors (Lipinski definition) is 1. The molecule has 1 saturated heterocycles. The zero-order valence-corrected chi connectivity index (χ0v) is 15.0. The van der Waals surface area contributed by atoms with Gasteiger partial charge in [-0.1, -0.05) is 5.16 Å². The summed E-state index contributed by atoms with van der Waals surface area (Å²) in [5, 5.41) is 13.5. The Morgan fingerprint density at radius 1 is 1.40 bits per heavy atom. The quantitative estimate of drug-likeness (QED) is 0.817. The molecule has 136 valence electrons. The third-order valence-corrected chi connectivity index (χ3v) is 4.59. The van der Waals surface area contributed by atoms with E-state index in [0.29, 0.717) is 24.2 Å². The van der Waals surface area contributed by atoms with Crippen LogP contribution in [0.5, 0.6) is 0 Å². The second-order valence-corrected chi connectivity index (χ2v) is 7.04. The van der Waals surface area contributed by atoms with Crippen LogP contribution in [0.15, 0.2) is 29.0 Å². The van der Waals surface area contributed by atoms with Crippen LogP contribution < -0.4 is 0 Å². The molecule has 3 heterocycles. The zero-order chi connectivity index (χ0) is 17.6. The molecule has 0 bridgehead atoms. The summed E-state index contributed by atoms with van der Waals surface area (Å²) in [7, 11) is 2.09. The Kier molecular flexibility index (Phi) is 6.12. The van der Waals surface area contributed by atoms with Gasteiger partial charge in [-0.2, -0.15) is 4.98 Å². The molecule has 7 heteroatoms. The van der Waals surface area contributed by atoms with Crippen molar-refractivity contribution < 1.29 is 9.63 Å². The number of piperidine rings is 1. The molecule has 0 aromatic carbocycles. The highest BCUT2D eigenvalue weighted by Gasteiger charge is 2.21. The van der Waals surface area contributed by atoms with Gasteiger partial charge in [-0.3, -0.25) is 9.88 Å². The van der Waals surface area contributed by atoms with Crippen LogP contribution in [0, 0.1) is 5.92 Å². The first-order valence-corrected chi connectivity index (χ1v) is 8.92. The van der Waals surface area contributed by atoms with Crippen LogP contribution in [0.1, 0.15) is 25.7 Å². The van der Waals surface area contributed by atoms with Gasteiger partial charge in [0.05, 0.1) is 12.6 Å². The van der Waals surface area contributed by atoms with Gasteiger partial charge in [0.2, 0.25) is 11.7 Å². The molecule has 0 spiro atoms. The summed E-state index contributed by atoms with van der Waals surface area (Å²) in [5.74, 6) is 1.90. The number of hydrogen-bond acceptors (Lipinski definition) is 7. The SMILES string of the molecule is C[C@H](O)CN1CCC(CN(C)Cc2nc(-c3cccnc3)no2)CC1. The molecular formula is C18H27N5O2. The lowest BCUT2D eigenvalue weighted by molar-refractivity contribution is 0.0908. The van der Waals surface area contributed by atoms with E-state index in [1.54, 1.807) is 12.4 Å². The average Bonchev–Trinajstić information content (AvgIpc) is 3.05. The van der Waals surface area contributed by atoms with Crippen LogP contribution in [0.2, 0.25) is 0 Å². The fraction of sp³-hybridized carbons (Fsp3) is 0.611. The maximum Gasteiger partial charge on any atom is 0.241 e. The number of β-amino-alcohol motifs (C(OH)–C–C–N with tert-alkyl or cyclic N) is 1. The lowest BCUT2D eigenvalue weighted by atomic mass is 9.96. The van der Waals surface area contributed by atoms with Gasteiger partial charge in [0.1, 0.15) is 0 Å². The largest absolute Gasteiger partial charge is 0.392 e. The Morgan fingerprint density at radius 3 is 2.88 bits per heavy atom. The maximum absolute atomic E-state index is 9.49. The van der Waals surface area contributed by atoms with Crippen LogP contribution in [0.4, 0.5) is 0 Å². The van der Waals surface area contributed by atoms with E-state index >= 15 is 0 Å². The molecule has 0 saturated carbocycles. The number of aromatic nitrogens is 3. The van der Waals surface area contributed by atoms with Crippen molar-refractivity contribution in [2.45, 2.75) is 32.4 Å². The molecule has 1 N–H and O–H groups in total. The zero-order valence-electron chi connectivity index (χ0n) is 15.0. The van der Waals surface area contributed by atoms with E-state index in [2.05, 4.69) is 32.0 Å². The van der Waals surface area contributed by atoms with E-state index < -0.39 is 0 Å². The van der Waals surface area contributed by atoms with Crippen molar-refractivity contribution in [3.8, 4) is 11.4 Å². The minimum atomic E-state index is -0.245. The molecule has 2 aromatic heterocycles. The summed E-state index contributed by atoms with van der Waals surface area (Å²) in [4.78, 5) is 13.1. The Labute approximate surface area is 148 Å². The second kappa shape index (κ2) is 8.51. The number of pyridine rings is 1. The van der Waals surface area contributed by atoms with E-state index in [-0.39, 0.29) is 6.10 Å². The molecule has 1 aliphatic rings. The Morgan fingerprint density at radius 2 is 2.20 bits per heavy atom. The predicted molar refractivity (Wildman–Crippen MR) is 94.7 cm³/mol. The highest BCUT2D eigenvalue weighted by atomic mass is 16.5. The van der Waals surface area contributed by atoms with Gasteiger partial charge in [-0.05, 0) is 58.0 Å². The molecule has 0 unspecified atom stereocenters. The monoisotopic (exact) mass is 345 g/mol.